The van der Waals surface area contributed by atoms with E-state index in [1.807, 2.05) is 0 Å². The normalized spacial score (nSPS) is 4.33. The average molecular weight is 185 g/mol. The number of nitriles is 2. The minimum Gasteiger partial charge on any atom is -0.317 e. The Morgan fingerprint density at radius 1 is 0.917 bits per heavy atom. The lowest BCUT2D eigenvalue weighted by Gasteiger charge is -1.86. The highest BCUT2D eigenvalue weighted by Crippen LogP contribution is 1.47. The summed E-state index contributed by atoms with van der Waals surface area (Å²) in [6.07, 6.45) is 0. The predicted molar refractivity (Wildman–Crippen MR) is 43.0 cm³/mol. The monoisotopic (exact) mass is 185 g/mol. The molecule has 3 nitrogen and oxygen atoms in total. The Labute approximate surface area is 70.1 Å². The van der Waals surface area contributed by atoms with E-state index in [-0.39, 0.29) is 14.1 Å². The van der Waals surface area contributed by atoms with Crippen LogP contribution < -0.4 is 5.32 Å². The molecular weight excluding hydrogens is 171 g/mol. The number of nitrogens with zero attached hydrogens (tertiary/aromatic N) is 2. The van der Waals surface area contributed by atoms with Crippen molar-refractivity contribution in [3.05, 3.63) is 0 Å². The fourth-order valence-electron chi connectivity index (χ4n) is 0.250. The second-order valence-corrected chi connectivity index (χ2v) is 1.18. The van der Waals surface area contributed by atoms with Gasteiger partial charge in [0.15, 0.2) is 12.1 Å². The van der Waals surface area contributed by atoms with Gasteiger partial charge in [-0.25, -0.2) is 0 Å². The molecule has 0 spiro atoms. The van der Waals surface area contributed by atoms with Gasteiger partial charge < -0.3 is 5.32 Å². The van der Waals surface area contributed by atoms with Crippen molar-refractivity contribution in [2.75, 3.05) is 13.1 Å². The fourth-order valence-corrected chi connectivity index (χ4v) is 0.250. The van der Waals surface area contributed by atoms with Gasteiger partial charge in [0.2, 0.25) is 0 Å². The Balaban J connectivity index is -0.0000000221. The van der Waals surface area contributed by atoms with Gasteiger partial charge in [-0.05, 0) is 13.1 Å². The molecule has 1 N–H and O–H groups in total. The molecule has 0 aromatic heterocycles. The summed E-state index contributed by atoms with van der Waals surface area (Å²) >= 11 is 0. The molecule has 0 aromatic carbocycles. The zero-order chi connectivity index (χ0) is 7.54. The molecule has 0 unspecified atom stereocenters. The van der Waals surface area contributed by atoms with Crippen molar-refractivity contribution < 1.29 is 14.1 Å². The van der Waals surface area contributed by atoms with Crippen LogP contribution in [0.25, 0.3) is 0 Å². The molecular formula is C6H14F3N3. The third-order valence-electron chi connectivity index (χ3n) is 0.550. The smallest absolute Gasteiger partial charge is 0.181 e. The Morgan fingerprint density at radius 2 is 1.17 bits per heavy atom. The number of rotatable bonds is 2. The van der Waals surface area contributed by atoms with Crippen LogP contribution in [-0.2, 0) is 0 Å². The summed E-state index contributed by atoms with van der Waals surface area (Å²) in [5.41, 5.74) is 0. The van der Waals surface area contributed by atoms with Crippen molar-refractivity contribution in [1.82, 2.24) is 5.32 Å². The molecule has 74 valence electrons. The van der Waals surface area contributed by atoms with Gasteiger partial charge in [-0.15, -0.1) is 0 Å². The van der Waals surface area contributed by atoms with Crippen LogP contribution in [-0.4, -0.2) is 13.1 Å². The highest BCUT2D eigenvalue weighted by molar-refractivity contribution is 4.99. The summed E-state index contributed by atoms with van der Waals surface area (Å²) in [6.45, 7) is 6.39. The molecule has 0 bridgehead atoms. The Bertz CT molecular complexity index is 102. The maximum atomic E-state index is 7.26. The van der Waals surface area contributed by atoms with E-state index in [2.05, 4.69) is 19.2 Å². The Hall–Kier alpha value is -1.27. The van der Waals surface area contributed by atoms with Gasteiger partial charge >= 0.3 is 0 Å². The van der Waals surface area contributed by atoms with Crippen molar-refractivity contribution in [2.45, 2.75) is 13.8 Å². The first-order chi connectivity index (χ1) is 4.33. The molecule has 0 radical (unpaired) electrons. The van der Waals surface area contributed by atoms with Crippen LogP contribution in [0.1, 0.15) is 13.8 Å². The van der Waals surface area contributed by atoms with Crippen LogP contribution in [0.15, 0.2) is 0 Å². The van der Waals surface area contributed by atoms with Gasteiger partial charge in [0.05, 0.1) is 0 Å². The highest BCUT2D eigenvalue weighted by Gasteiger charge is 1.62. The van der Waals surface area contributed by atoms with Gasteiger partial charge in [-0.1, -0.05) is 13.8 Å². The Morgan fingerprint density at radius 3 is 1.17 bits per heavy atom. The lowest BCUT2D eigenvalue weighted by molar-refractivity contribution is 0.762. The average Bonchev–Trinajstić information content (AvgIpc) is 1.91. The first kappa shape index (κ1) is 30.9. The van der Waals surface area contributed by atoms with Gasteiger partial charge in [0, 0.05) is 0 Å². The largest absolute Gasteiger partial charge is 0.317 e. The quantitative estimate of drug-likeness (QED) is 0.700. The van der Waals surface area contributed by atoms with Crippen LogP contribution in [0.5, 0.6) is 0 Å². The van der Waals surface area contributed by atoms with E-state index >= 15 is 0 Å². The molecule has 0 fully saturated rings. The third kappa shape index (κ3) is 174. The summed E-state index contributed by atoms with van der Waals surface area (Å²) < 4.78 is 0. The van der Waals surface area contributed by atoms with Crippen molar-refractivity contribution in [3.8, 4) is 12.1 Å². The molecule has 0 saturated carbocycles. The summed E-state index contributed by atoms with van der Waals surface area (Å²) in [5, 5.41) is 17.6. The first-order valence-electron chi connectivity index (χ1n) is 2.82. The topological polar surface area (TPSA) is 59.6 Å². The minimum absolute atomic E-state index is 0. The first-order valence-corrected chi connectivity index (χ1v) is 2.82. The van der Waals surface area contributed by atoms with Crippen molar-refractivity contribution in [3.63, 3.8) is 0 Å². The summed E-state index contributed by atoms with van der Waals surface area (Å²) in [6, 6.07) is 2.47. The van der Waals surface area contributed by atoms with Crippen LogP contribution in [0.2, 0.25) is 0 Å². The molecule has 0 saturated heterocycles. The second-order valence-electron chi connectivity index (χ2n) is 1.18. The van der Waals surface area contributed by atoms with Gasteiger partial charge in [0.1, 0.15) is 0 Å². The summed E-state index contributed by atoms with van der Waals surface area (Å²) in [7, 11) is 0. The molecule has 0 aliphatic heterocycles. The van der Waals surface area contributed by atoms with Gasteiger partial charge in [-0.3, -0.25) is 14.1 Å². The van der Waals surface area contributed by atoms with Crippen LogP contribution in [0.4, 0.5) is 14.1 Å². The minimum atomic E-state index is 0. The lowest BCUT2D eigenvalue weighted by Crippen LogP contribution is -2.09. The van der Waals surface area contributed by atoms with E-state index in [0.29, 0.717) is 0 Å². The van der Waals surface area contributed by atoms with Crippen LogP contribution >= 0.6 is 0 Å². The van der Waals surface area contributed by atoms with Crippen molar-refractivity contribution >= 4 is 0 Å². The van der Waals surface area contributed by atoms with E-state index in [1.165, 1.54) is 12.1 Å². The fraction of sp³-hybridized carbons (Fsp3) is 0.667. The van der Waals surface area contributed by atoms with E-state index < -0.39 is 0 Å². The molecule has 0 aromatic rings. The zero-order valence-corrected chi connectivity index (χ0v) is 7.03. The molecule has 0 rings (SSSR count). The zero-order valence-electron chi connectivity index (χ0n) is 7.03. The number of hydrogen-bond acceptors (Lipinski definition) is 3. The van der Waals surface area contributed by atoms with E-state index in [1.54, 1.807) is 0 Å². The standard InChI is InChI=1S/C4H11N.C2N2.3FH/c1-3-5-4-2;3-1-2-4;;;/h5H,3-4H2,1-2H3;;3*1H. The van der Waals surface area contributed by atoms with E-state index in [4.69, 9.17) is 10.5 Å². The lowest BCUT2D eigenvalue weighted by atomic mass is 10.7. The van der Waals surface area contributed by atoms with E-state index in [0.717, 1.165) is 13.1 Å². The summed E-state index contributed by atoms with van der Waals surface area (Å²) in [5.74, 6) is 0. The Kier molecular flexibility index (Phi) is 137. The van der Waals surface area contributed by atoms with Crippen LogP contribution in [0, 0.1) is 22.7 Å². The van der Waals surface area contributed by atoms with Crippen molar-refractivity contribution in [2.24, 2.45) is 0 Å². The van der Waals surface area contributed by atoms with Crippen LogP contribution in [0.3, 0.4) is 0 Å². The predicted octanol–water partition coefficient (Wildman–Crippen LogP) is 1.11. The van der Waals surface area contributed by atoms with Gasteiger partial charge in [0.25, 0.3) is 0 Å². The SMILES string of the molecule is CCNCC.F.F.F.N#CC#N. The summed E-state index contributed by atoms with van der Waals surface area (Å²) in [4.78, 5) is 0. The molecule has 0 heterocycles. The number of nitrogens with one attached hydrogen (secondary N) is 1. The number of hydrogen-bond donors (Lipinski definition) is 1. The second kappa shape index (κ2) is 53.3. The molecule has 0 aliphatic rings. The molecule has 0 aliphatic carbocycles. The maximum absolute atomic E-state index is 7.26. The highest BCUT2D eigenvalue weighted by atomic mass is 19.0. The number of halogens is 3. The van der Waals surface area contributed by atoms with Gasteiger partial charge in [-0.2, -0.15) is 10.5 Å². The molecule has 6 heteroatoms. The molecule has 12 heavy (non-hydrogen) atoms. The molecule has 0 atom stereocenters. The molecule has 0 amide bonds. The van der Waals surface area contributed by atoms with E-state index in [9.17, 15) is 0 Å². The third-order valence-corrected chi connectivity index (χ3v) is 0.550. The van der Waals surface area contributed by atoms with Crippen molar-refractivity contribution in [1.29, 1.82) is 10.5 Å². The maximum Gasteiger partial charge on any atom is 0.181 e.